The molecule has 0 unspecified atom stereocenters. The minimum atomic E-state index is -0.806. The van der Waals surface area contributed by atoms with Gasteiger partial charge in [-0.15, -0.1) is 0 Å². The first-order valence-corrected chi connectivity index (χ1v) is 7.44. The van der Waals surface area contributed by atoms with E-state index in [2.05, 4.69) is 19.9 Å². The van der Waals surface area contributed by atoms with E-state index in [-0.39, 0.29) is 11.3 Å². The van der Waals surface area contributed by atoms with Crippen LogP contribution < -0.4 is 5.73 Å². The minimum absolute atomic E-state index is 0.140. The predicted molar refractivity (Wildman–Crippen MR) is 87.1 cm³/mol. The molecule has 0 saturated heterocycles. The molecule has 0 spiro atoms. The second kappa shape index (κ2) is 7.40. The molecule has 1 aromatic rings. The van der Waals surface area contributed by atoms with Gasteiger partial charge in [0.05, 0.1) is 5.56 Å². The number of hydrogen-bond donors (Lipinski definition) is 2. The molecule has 2 rings (SSSR count). The summed E-state index contributed by atoms with van der Waals surface area (Å²) >= 11 is 0. The van der Waals surface area contributed by atoms with Gasteiger partial charge < -0.3 is 15.7 Å². The lowest BCUT2D eigenvalue weighted by atomic mass is 9.86. The average Bonchev–Trinajstić information content (AvgIpc) is 2.73. The predicted octanol–water partition coefficient (Wildman–Crippen LogP) is 2.03. The maximum absolute atomic E-state index is 11.0. The van der Waals surface area contributed by atoms with E-state index in [0.29, 0.717) is 12.0 Å². The van der Waals surface area contributed by atoms with E-state index in [9.17, 15) is 9.59 Å². The SMILES string of the molecule is CC1(C)CCc2c(C(=O)O)cccc21.CN(C)CCC(N)=O. The highest BCUT2D eigenvalue weighted by Gasteiger charge is 2.32. The average molecular weight is 306 g/mol. The normalized spacial score (nSPS) is 15.0. The van der Waals surface area contributed by atoms with Crippen molar-refractivity contribution < 1.29 is 14.7 Å². The quantitative estimate of drug-likeness (QED) is 0.891. The fourth-order valence-electron chi connectivity index (χ4n) is 2.60. The zero-order chi connectivity index (χ0) is 16.9. The van der Waals surface area contributed by atoms with Crippen molar-refractivity contribution >= 4 is 11.9 Å². The van der Waals surface area contributed by atoms with E-state index < -0.39 is 5.97 Å². The van der Waals surface area contributed by atoms with Gasteiger partial charge in [-0.3, -0.25) is 4.79 Å². The van der Waals surface area contributed by atoms with Crippen molar-refractivity contribution in [2.24, 2.45) is 5.73 Å². The van der Waals surface area contributed by atoms with Crippen molar-refractivity contribution in [1.82, 2.24) is 4.90 Å². The second-order valence-electron chi connectivity index (χ2n) is 6.54. The molecule has 0 aliphatic heterocycles. The molecule has 3 N–H and O–H groups in total. The Balaban J connectivity index is 0.000000261. The maximum atomic E-state index is 11.0. The summed E-state index contributed by atoms with van der Waals surface area (Å²) < 4.78 is 0. The van der Waals surface area contributed by atoms with Crippen LogP contribution in [0.5, 0.6) is 0 Å². The summed E-state index contributed by atoms with van der Waals surface area (Å²) in [6, 6.07) is 5.59. The third kappa shape index (κ3) is 4.84. The molecule has 1 aromatic carbocycles. The zero-order valence-corrected chi connectivity index (χ0v) is 13.8. The molecule has 0 fully saturated rings. The van der Waals surface area contributed by atoms with Gasteiger partial charge in [0.1, 0.15) is 0 Å². The number of carboxylic acid groups (broad SMARTS) is 1. The van der Waals surface area contributed by atoms with Crippen molar-refractivity contribution in [3.8, 4) is 0 Å². The number of primary amides is 1. The highest BCUT2D eigenvalue weighted by atomic mass is 16.4. The first-order chi connectivity index (χ1) is 10.1. The first kappa shape index (κ1) is 18.2. The summed E-state index contributed by atoms with van der Waals surface area (Å²) in [6.45, 7) is 5.09. The van der Waals surface area contributed by atoms with Gasteiger partial charge in [0.25, 0.3) is 0 Å². The van der Waals surface area contributed by atoms with E-state index in [1.54, 1.807) is 6.07 Å². The number of amides is 1. The van der Waals surface area contributed by atoms with E-state index in [0.717, 1.165) is 24.9 Å². The molecule has 1 aliphatic carbocycles. The van der Waals surface area contributed by atoms with Crippen LogP contribution in [0.2, 0.25) is 0 Å². The standard InChI is InChI=1S/C12H14O2.C5H12N2O/c1-12(2)7-6-8-9(11(13)14)4-3-5-10(8)12;1-7(2)4-3-5(6)8/h3-5H,6-7H2,1-2H3,(H,13,14);3-4H2,1-2H3,(H2,6,8). The van der Waals surface area contributed by atoms with Crippen LogP contribution in [0.3, 0.4) is 0 Å². The van der Waals surface area contributed by atoms with Gasteiger partial charge in [-0.25, -0.2) is 4.79 Å². The lowest BCUT2D eigenvalue weighted by molar-refractivity contribution is -0.118. The number of carbonyl (C=O) groups is 2. The number of nitrogens with zero attached hydrogens (tertiary/aromatic N) is 1. The van der Waals surface area contributed by atoms with Gasteiger partial charge in [0.15, 0.2) is 0 Å². The van der Waals surface area contributed by atoms with E-state index in [4.69, 9.17) is 10.8 Å². The number of nitrogens with two attached hydrogens (primary N) is 1. The number of carbonyl (C=O) groups excluding carboxylic acids is 1. The molecule has 0 atom stereocenters. The van der Waals surface area contributed by atoms with Gasteiger partial charge in [-0.05, 0) is 49.5 Å². The van der Waals surface area contributed by atoms with Crippen molar-refractivity contribution in [3.05, 3.63) is 34.9 Å². The largest absolute Gasteiger partial charge is 0.478 e. The molecule has 0 aromatic heterocycles. The molecular weight excluding hydrogens is 280 g/mol. The Labute approximate surface area is 132 Å². The fraction of sp³-hybridized carbons (Fsp3) is 0.529. The molecule has 5 heteroatoms. The van der Waals surface area contributed by atoms with Crippen molar-refractivity contribution in [2.75, 3.05) is 20.6 Å². The first-order valence-electron chi connectivity index (χ1n) is 7.44. The Morgan fingerprint density at radius 1 is 1.32 bits per heavy atom. The molecule has 1 aliphatic rings. The summed E-state index contributed by atoms with van der Waals surface area (Å²) in [7, 11) is 3.81. The third-order valence-electron chi connectivity index (χ3n) is 3.94. The molecule has 0 radical (unpaired) electrons. The lowest BCUT2D eigenvalue weighted by Crippen LogP contribution is -2.20. The van der Waals surface area contributed by atoms with Crippen LogP contribution in [-0.2, 0) is 16.6 Å². The summed E-state index contributed by atoms with van der Waals surface area (Å²) in [6.07, 6.45) is 2.39. The monoisotopic (exact) mass is 306 g/mol. The van der Waals surface area contributed by atoms with Crippen LogP contribution in [-0.4, -0.2) is 42.5 Å². The van der Waals surface area contributed by atoms with Crippen molar-refractivity contribution in [1.29, 1.82) is 0 Å². The molecule has 22 heavy (non-hydrogen) atoms. The number of rotatable bonds is 4. The van der Waals surface area contributed by atoms with Crippen LogP contribution >= 0.6 is 0 Å². The smallest absolute Gasteiger partial charge is 0.335 e. The minimum Gasteiger partial charge on any atom is -0.478 e. The summed E-state index contributed by atoms with van der Waals surface area (Å²) in [4.78, 5) is 23.0. The molecule has 5 nitrogen and oxygen atoms in total. The Hall–Kier alpha value is -1.88. The van der Waals surface area contributed by atoms with Gasteiger partial charge in [-0.2, -0.15) is 0 Å². The number of aromatic carboxylic acids is 1. The highest BCUT2D eigenvalue weighted by molar-refractivity contribution is 5.90. The Morgan fingerprint density at radius 2 is 1.95 bits per heavy atom. The van der Waals surface area contributed by atoms with Gasteiger partial charge >= 0.3 is 5.97 Å². The van der Waals surface area contributed by atoms with Crippen molar-refractivity contribution in [3.63, 3.8) is 0 Å². The molecule has 0 bridgehead atoms. The topological polar surface area (TPSA) is 83.6 Å². The molecule has 0 heterocycles. The molecule has 122 valence electrons. The number of fused-ring (bicyclic) bond motifs is 1. The van der Waals surface area contributed by atoms with Crippen molar-refractivity contribution in [2.45, 2.75) is 38.5 Å². The molecular formula is C17H26N2O3. The van der Waals surface area contributed by atoms with Crippen LogP contribution in [0.4, 0.5) is 0 Å². The van der Waals surface area contributed by atoms with Crippen LogP contribution in [0.15, 0.2) is 18.2 Å². The Kier molecular flexibility index (Phi) is 6.11. The molecule has 1 amide bonds. The summed E-state index contributed by atoms with van der Waals surface area (Å²) in [5.41, 5.74) is 7.73. The number of benzene rings is 1. The van der Waals surface area contributed by atoms with Crippen LogP contribution in [0, 0.1) is 0 Å². The van der Waals surface area contributed by atoms with E-state index in [1.807, 2.05) is 25.1 Å². The highest BCUT2D eigenvalue weighted by Crippen LogP contribution is 2.39. The van der Waals surface area contributed by atoms with Crippen LogP contribution in [0.25, 0.3) is 0 Å². The second-order valence-corrected chi connectivity index (χ2v) is 6.54. The van der Waals surface area contributed by atoms with Gasteiger partial charge in [0, 0.05) is 13.0 Å². The molecule has 0 saturated carbocycles. The van der Waals surface area contributed by atoms with E-state index in [1.165, 1.54) is 5.56 Å². The van der Waals surface area contributed by atoms with E-state index >= 15 is 0 Å². The Bertz CT molecular complexity index is 551. The lowest BCUT2D eigenvalue weighted by Gasteiger charge is -2.18. The number of carboxylic acids is 1. The summed E-state index contributed by atoms with van der Waals surface area (Å²) in [5, 5.41) is 9.02. The maximum Gasteiger partial charge on any atom is 0.335 e. The summed E-state index contributed by atoms with van der Waals surface area (Å²) in [5.74, 6) is -1.04. The fourth-order valence-corrected chi connectivity index (χ4v) is 2.60. The zero-order valence-electron chi connectivity index (χ0n) is 13.8. The number of hydrogen-bond acceptors (Lipinski definition) is 3. The van der Waals surface area contributed by atoms with Gasteiger partial charge in [-0.1, -0.05) is 26.0 Å². The van der Waals surface area contributed by atoms with Gasteiger partial charge in [0.2, 0.25) is 5.91 Å². The third-order valence-corrected chi connectivity index (χ3v) is 3.94. The Morgan fingerprint density at radius 3 is 2.41 bits per heavy atom. The van der Waals surface area contributed by atoms with Crippen LogP contribution in [0.1, 0.15) is 48.2 Å².